The van der Waals surface area contributed by atoms with Crippen LogP contribution in [0.25, 0.3) is 0 Å². The van der Waals surface area contributed by atoms with E-state index in [1.54, 1.807) is 6.92 Å². The molecule has 2 rings (SSSR count). The number of nitrogens with two attached hydrogens (primary N) is 1. The van der Waals surface area contributed by atoms with Gasteiger partial charge < -0.3 is 15.8 Å². The van der Waals surface area contributed by atoms with Gasteiger partial charge in [-0.05, 0) is 43.9 Å². The maximum Gasteiger partial charge on any atom is 0.223 e. The van der Waals surface area contributed by atoms with Crippen molar-refractivity contribution in [2.75, 3.05) is 6.61 Å². The molecule has 0 spiro atoms. The zero-order valence-electron chi connectivity index (χ0n) is 12.0. The van der Waals surface area contributed by atoms with E-state index in [0.717, 1.165) is 12.8 Å². The third-order valence-electron chi connectivity index (χ3n) is 3.13. The van der Waals surface area contributed by atoms with Crippen molar-refractivity contribution in [1.82, 2.24) is 5.32 Å². The number of halogens is 2. The zero-order valence-corrected chi connectivity index (χ0v) is 12.0. The Labute approximate surface area is 122 Å². The van der Waals surface area contributed by atoms with Crippen LogP contribution < -0.4 is 15.8 Å². The molecule has 0 bridgehead atoms. The van der Waals surface area contributed by atoms with E-state index in [0.29, 0.717) is 12.0 Å². The highest BCUT2D eigenvalue weighted by Crippen LogP contribution is 2.24. The summed E-state index contributed by atoms with van der Waals surface area (Å²) in [6.07, 6.45) is 2.46. The Kier molecular flexibility index (Phi) is 5.12. The molecule has 1 aliphatic rings. The molecule has 6 heteroatoms. The molecule has 0 aromatic heterocycles. The van der Waals surface area contributed by atoms with Gasteiger partial charge in [-0.1, -0.05) is 0 Å². The summed E-state index contributed by atoms with van der Waals surface area (Å²) < 4.78 is 32.7. The van der Waals surface area contributed by atoms with Crippen LogP contribution in [0.4, 0.5) is 8.78 Å². The standard InChI is InChI=1S/C15H20F2N2O2/c1-9(18)6-10-7-12(16)15(13(17)8-10)21-5-4-14(20)19-11-2-3-11/h7-9,11H,2-6,18H2,1H3,(H,19,20). The Bertz CT molecular complexity index is 493. The summed E-state index contributed by atoms with van der Waals surface area (Å²) >= 11 is 0. The van der Waals surface area contributed by atoms with Gasteiger partial charge in [-0.25, -0.2) is 8.78 Å². The van der Waals surface area contributed by atoms with Crippen molar-refractivity contribution in [1.29, 1.82) is 0 Å². The number of hydrogen-bond donors (Lipinski definition) is 2. The highest BCUT2D eigenvalue weighted by atomic mass is 19.1. The fourth-order valence-corrected chi connectivity index (χ4v) is 2.01. The van der Waals surface area contributed by atoms with Gasteiger partial charge in [0, 0.05) is 12.1 Å². The lowest BCUT2D eigenvalue weighted by Gasteiger charge is -2.11. The molecule has 1 amide bonds. The second kappa shape index (κ2) is 6.85. The van der Waals surface area contributed by atoms with Gasteiger partial charge in [-0.3, -0.25) is 4.79 Å². The summed E-state index contributed by atoms with van der Waals surface area (Å²) in [5.74, 6) is -2.14. The molecule has 1 atom stereocenters. The van der Waals surface area contributed by atoms with Crippen molar-refractivity contribution in [3.8, 4) is 5.75 Å². The summed E-state index contributed by atoms with van der Waals surface area (Å²) in [4.78, 5) is 11.4. The number of amides is 1. The summed E-state index contributed by atoms with van der Waals surface area (Å²) in [7, 11) is 0. The molecule has 3 N–H and O–H groups in total. The quantitative estimate of drug-likeness (QED) is 0.808. The first-order valence-electron chi connectivity index (χ1n) is 7.11. The van der Waals surface area contributed by atoms with E-state index in [4.69, 9.17) is 10.5 Å². The van der Waals surface area contributed by atoms with Crippen LogP contribution in [0, 0.1) is 11.6 Å². The lowest BCUT2D eigenvalue weighted by molar-refractivity contribution is -0.121. The lowest BCUT2D eigenvalue weighted by atomic mass is 10.1. The fraction of sp³-hybridized carbons (Fsp3) is 0.533. The Balaban J connectivity index is 1.88. The van der Waals surface area contributed by atoms with Crippen LogP contribution in [0.1, 0.15) is 31.7 Å². The smallest absolute Gasteiger partial charge is 0.223 e. The highest BCUT2D eigenvalue weighted by molar-refractivity contribution is 5.76. The van der Waals surface area contributed by atoms with E-state index in [1.807, 2.05) is 0 Å². The predicted octanol–water partition coefficient (Wildman–Crippen LogP) is 1.90. The van der Waals surface area contributed by atoms with Gasteiger partial charge in [0.25, 0.3) is 0 Å². The third-order valence-corrected chi connectivity index (χ3v) is 3.13. The van der Waals surface area contributed by atoms with Gasteiger partial charge in [0.1, 0.15) is 0 Å². The number of ether oxygens (including phenoxy) is 1. The molecule has 1 fully saturated rings. The number of carbonyl (C=O) groups excluding carboxylic acids is 1. The van der Waals surface area contributed by atoms with Gasteiger partial charge in [0.05, 0.1) is 13.0 Å². The van der Waals surface area contributed by atoms with Crippen LogP contribution in [0.2, 0.25) is 0 Å². The maximum absolute atomic E-state index is 13.8. The molecule has 4 nitrogen and oxygen atoms in total. The summed E-state index contributed by atoms with van der Waals surface area (Å²) in [5, 5.41) is 2.78. The van der Waals surface area contributed by atoms with Gasteiger partial charge >= 0.3 is 0 Å². The number of hydrogen-bond acceptors (Lipinski definition) is 3. The minimum absolute atomic E-state index is 0.0565. The predicted molar refractivity (Wildman–Crippen MR) is 75.0 cm³/mol. The third kappa shape index (κ3) is 4.97. The first-order chi connectivity index (χ1) is 9.95. The number of rotatable bonds is 7. The SMILES string of the molecule is CC(N)Cc1cc(F)c(OCCC(=O)NC2CC2)c(F)c1. The molecule has 116 valence electrons. The summed E-state index contributed by atoms with van der Waals surface area (Å²) in [6, 6.07) is 2.52. The normalized spacial score (nSPS) is 15.6. The van der Waals surface area contributed by atoms with Crippen molar-refractivity contribution in [3.05, 3.63) is 29.3 Å². The van der Waals surface area contributed by atoms with Crippen LogP contribution in [-0.4, -0.2) is 24.6 Å². The topological polar surface area (TPSA) is 64.3 Å². The van der Waals surface area contributed by atoms with E-state index in [-0.39, 0.29) is 31.0 Å². The Morgan fingerprint density at radius 3 is 2.57 bits per heavy atom. The number of nitrogens with one attached hydrogen (secondary N) is 1. The fourth-order valence-electron chi connectivity index (χ4n) is 2.01. The molecule has 1 saturated carbocycles. The van der Waals surface area contributed by atoms with Crippen LogP contribution in [0.3, 0.4) is 0 Å². The highest BCUT2D eigenvalue weighted by Gasteiger charge is 2.23. The van der Waals surface area contributed by atoms with Crippen molar-refractivity contribution >= 4 is 5.91 Å². The Morgan fingerprint density at radius 2 is 2.05 bits per heavy atom. The van der Waals surface area contributed by atoms with Gasteiger partial charge in [0.15, 0.2) is 17.4 Å². The van der Waals surface area contributed by atoms with Crippen molar-refractivity contribution < 1.29 is 18.3 Å². The van der Waals surface area contributed by atoms with Crippen LogP contribution in [0.15, 0.2) is 12.1 Å². The molecule has 0 aliphatic heterocycles. The first-order valence-corrected chi connectivity index (χ1v) is 7.11. The van der Waals surface area contributed by atoms with Crippen molar-refractivity contribution in [2.45, 2.75) is 44.7 Å². The molecular weight excluding hydrogens is 278 g/mol. The van der Waals surface area contributed by atoms with E-state index in [9.17, 15) is 13.6 Å². The molecule has 0 radical (unpaired) electrons. The average Bonchev–Trinajstić information content (AvgIpc) is 3.15. The molecule has 0 heterocycles. The van der Waals surface area contributed by atoms with Crippen molar-refractivity contribution in [2.24, 2.45) is 5.73 Å². The Hall–Kier alpha value is -1.69. The van der Waals surface area contributed by atoms with Gasteiger partial charge in [-0.2, -0.15) is 0 Å². The van der Waals surface area contributed by atoms with E-state index in [2.05, 4.69) is 5.32 Å². The largest absolute Gasteiger partial charge is 0.487 e. The zero-order chi connectivity index (χ0) is 15.4. The monoisotopic (exact) mass is 298 g/mol. The molecule has 1 aromatic rings. The van der Waals surface area contributed by atoms with Gasteiger partial charge in [-0.15, -0.1) is 0 Å². The summed E-state index contributed by atoms with van der Waals surface area (Å²) in [5.41, 5.74) is 6.09. The molecule has 1 aliphatic carbocycles. The van der Waals surface area contributed by atoms with Gasteiger partial charge in [0.2, 0.25) is 5.91 Å². The second-order valence-corrected chi connectivity index (χ2v) is 5.51. The van der Waals surface area contributed by atoms with E-state index in [1.165, 1.54) is 12.1 Å². The number of benzene rings is 1. The molecule has 0 saturated heterocycles. The molecule has 1 aromatic carbocycles. The van der Waals surface area contributed by atoms with E-state index < -0.39 is 17.4 Å². The Morgan fingerprint density at radius 1 is 1.43 bits per heavy atom. The van der Waals surface area contributed by atoms with Crippen molar-refractivity contribution in [3.63, 3.8) is 0 Å². The summed E-state index contributed by atoms with van der Waals surface area (Å²) in [6.45, 7) is 1.71. The van der Waals surface area contributed by atoms with Crippen LogP contribution >= 0.6 is 0 Å². The maximum atomic E-state index is 13.8. The minimum Gasteiger partial charge on any atom is -0.487 e. The first kappa shape index (κ1) is 15.7. The molecular formula is C15H20F2N2O2. The van der Waals surface area contributed by atoms with E-state index >= 15 is 0 Å². The number of carbonyl (C=O) groups is 1. The minimum atomic E-state index is -0.770. The average molecular weight is 298 g/mol. The molecule has 21 heavy (non-hydrogen) atoms. The van der Waals surface area contributed by atoms with Crippen LogP contribution in [0.5, 0.6) is 5.75 Å². The van der Waals surface area contributed by atoms with Crippen LogP contribution in [-0.2, 0) is 11.2 Å². The second-order valence-electron chi connectivity index (χ2n) is 5.51. The molecule has 1 unspecified atom stereocenters. The lowest BCUT2D eigenvalue weighted by Crippen LogP contribution is -2.26.